The zero-order valence-electron chi connectivity index (χ0n) is 20.1. The summed E-state index contributed by atoms with van der Waals surface area (Å²) in [6.07, 6.45) is 0.112. The highest BCUT2D eigenvalue weighted by Crippen LogP contribution is 2.36. The van der Waals surface area contributed by atoms with Crippen molar-refractivity contribution in [2.75, 3.05) is 31.2 Å². The maximum Gasteiger partial charge on any atom is 0.271 e. The van der Waals surface area contributed by atoms with Crippen molar-refractivity contribution in [3.63, 3.8) is 0 Å². The number of hydrogen-bond donors (Lipinski definition) is 1. The molecule has 0 amide bonds. The molecule has 3 aromatic rings. The molecule has 0 radical (unpaired) electrons. The standard InChI is InChI=1S/C26H27N3O6S/c1-17-14-20(25(30)15-19-3-8-26(18(2)13-19)36(27,33)34)4-6-22(17)23-7-5-21(29(31)32)16-24(23)28-9-11-35-12-10-28/h3-8,13-14,16H,9-12,15H2,1-2H3,(H2,27,33,34). The highest BCUT2D eigenvalue weighted by Gasteiger charge is 2.21. The van der Waals surface area contributed by atoms with Gasteiger partial charge in [0.25, 0.3) is 5.69 Å². The van der Waals surface area contributed by atoms with E-state index in [1.54, 1.807) is 37.3 Å². The van der Waals surface area contributed by atoms with Crippen LogP contribution in [0.2, 0.25) is 0 Å². The normalized spacial score (nSPS) is 14.0. The summed E-state index contributed by atoms with van der Waals surface area (Å²) in [4.78, 5) is 26.1. The van der Waals surface area contributed by atoms with Crippen LogP contribution in [0.3, 0.4) is 0 Å². The van der Waals surface area contributed by atoms with Crippen molar-refractivity contribution in [2.45, 2.75) is 25.2 Å². The number of anilines is 1. The van der Waals surface area contributed by atoms with Gasteiger partial charge in [-0.3, -0.25) is 14.9 Å². The van der Waals surface area contributed by atoms with Gasteiger partial charge in [0, 0.05) is 42.8 Å². The second-order valence-corrected chi connectivity index (χ2v) is 10.4. The predicted molar refractivity (Wildman–Crippen MR) is 137 cm³/mol. The number of nitro benzene ring substituents is 1. The third kappa shape index (κ3) is 5.46. The van der Waals surface area contributed by atoms with E-state index in [2.05, 4.69) is 4.90 Å². The highest BCUT2D eigenvalue weighted by molar-refractivity contribution is 7.89. The number of nitrogens with zero attached hydrogens (tertiary/aromatic N) is 2. The van der Waals surface area contributed by atoms with Gasteiger partial charge in [0.1, 0.15) is 0 Å². The van der Waals surface area contributed by atoms with Gasteiger partial charge in [0.05, 0.1) is 28.7 Å². The summed E-state index contributed by atoms with van der Waals surface area (Å²) < 4.78 is 28.7. The van der Waals surface area contributed by atoms with E-state index in [9.17, 15) is 23.3 Å². The van der Waals surface area contributed by atoms with Gasteiger partial charge < -0.3 is 9.64 Å². The molecule has 3 aromatic carbocycles. The fourth-order valence-corrected chi connectivity index (χ4v) is 5.26. The van der Waals surface area contributed by atoms with Crippen LogP contribution in [-0.2, 0) is 21.2 Å². The molecule has 9 nitrogen and oxygen atoms in total. The zero-order valence-corrected chi connectivity index (χ0v) is 20.9. The minimum atomic E-state index is -3.82. The maximum atomic E-state index is 13.0. The molecule has 0 unspecified atom stereocenters. The maximum absolute atomic E-state index is 13.0. The number of aryl methyl sites for hydroxylation is 2. The number of nitro groups is 1. The van der Waals surface area contributed by atoms with Gasteiger partial charge in [-0.2, -0.15) is 0 Å². The van der Waals surface area contributed by atoms with E-state index < -0.39 is 14.9 Å². The fraction of sp³-hybridized carbons (Fsp3) is 0.269. The van der Waals surface area contributed by atoms with Crippen LogP contribution in [0.15, 0.2) is 59.5 Å². The number of sulfonamides is 1. The van der Waals surface area contributed by atoms with Crippen LogP contribution >= 0.6 is 0 Å². The number of primary sulfonamides is 1. The van der Waals surface area contributed by atoms with E-state index in [4.69, 9.17) is 9.88 Å². The van der Waals surface area contributed by atoms with E-state index in [1.807, 2.05) is 19.1 Å². The first kappa shape index (κ1) is 25.5. The molecular weight excluding hydrogens is 482 g/mol. The van der Waals surface area contributed by atoms with Gasteiger partial charge in [-0.05, 0) is 54.3 Å². The van der Waals surface area contributed by atoms with Crippen molar-refractivity contribution in [2.24, 2.45) is 5.14 Å². The van der Waals surface area contributed by atoms with Gasteiger partial charge >= 0.3 is 0 Å². The number of non-ortho nitro benzene ring substituents is 1. The molecule has 2 N–H and O–H groups in total. The Morgan fingerprint density at radius 1 is 1.00 bits per heavy atom. The predicted octanol–water partition coefficient (Wildman–Crippen LogP) is 3.79. The van der Waals surface area contributed by atoms with Crippen molar-refractivity contribution < 1.29 is 22.9 Å². The molecule has 0 aromatic heterocycles. The summed E-state index contributed by atoms with van der Waals surface area (Å²) >= 11 is 0. The van der Waals surface area contributed by atoms with Gasteiger partial charge in [0.15, 0.2) is 5.78 Å². The monoisotopic (exact) mass is 509 g/mol. The topological polar surface area (TPSA) is 133 Å². The van der Waals surface area contributed by atoms with Crippen molar-refractivity contribution in [1.82, 2.24) is 0 Å². The minimum Gasteiger partial charge on any atom is -0.378 e. The number of nitrogens with two attached hydrogens (primary N) is 1. The van der Waals surface area contributed by atoms with Crippen LogP contribution in [-0.4, -0.2) is 45.4 Å². The zero-order chi connectivity index (χ0) is 26.0. The molecule has 1 aliphatic rings. The van der Waals surface area contributed by atoms with Crippen LogP contribution in [0.4, 0.5) is 11.4 Å². The first-order chi connectivity index (χ1) is 17.0. The summed E-state index contributed by atoms with van der Waals surface area (Å²) in [6.45, 7) is 5.91. The lowest BCUT2D eigenvalue weighted by Gasteiger charge is -2.30. The number of hydrogen-bond acceptors (Lipinski definition) is 7. The van der Waals surface area contributed by atoms with Crippen LogP contribution in [0, 0.1) is 24.0 Å². The van der Waals surface area contributed by atoms with Crippen LogP contribution in [0.5, 0.6) is 0 Å². The Morgan fingerprint density at radius 3 is 2.31 bits per heavy atom. The Morgan fingerprint density at radius 2 is 1.69 bits per heavy atom. The minimum absolute atomic E-state index is 0.0217. The number of benzene rings is 3. The number of ketones is 1. The van der Waals surface area contributed by atoms with Gasteiger partial charge in [-0.15, -0.1) is 0 Å². The number of ether oxygens (including phenoxy) is 1. The van der Waals surface area contributed by atoms with Crippen molar-refractivity contribution >= 4 is 27.2 Å². The van der Waals surface area contributed by atoms with Crippen LogP contribution in [0.1, 0.15) is 27.0 Å². The van der Waals surface area contributed by atoms with Gasteiger partial charge in [-0.25, -0.2) is 13.6 Å². The number of carbonyl (C=O) groups excluding carboxylic acids is 1. The fourth-order valence-electron chi connectivity index (χ4n) is 4.49. The molecule has 1 fully saturated rings. The van der Waals surface area contributed by atoms with Crippen molar-refractivity contribution in [3.05, 3.63) is 87.0 Å². The molecule has 10 heteroatoms. The van der Waals surface area contributed by atoms with E-state index in [1.165, 1.54) is 12.1 Å². The molecule has 0 atom stereocenters. The molecular formula is C26H27N3O6S. The molecule has 4 rings (SSSR count). The van der Waals surface area contributed by atoms with E-state index in [0.29, 0.717) is 43.0 Å². The Kier molecular flexibility index (Phi) is 7.21. The Bertz CT molecular complexity index is 1450. The van der Waals surface area contributed by atoms with Crippen molar-refractivity contribution in [1.29, 1.82) is 0 Å². The number of carbonyl (C=O) groups is 1. The molecule has 36 heavy (non-hydrogen) atoms. The second kappa shape index (κ2) is 10.2. The lowest BCUT2D eigenvalue weighted by atomic mass is 9.93. The lowest BCUT2D eigenvalue weighted by Crippen LogP contribution is -2.36. The number of rotatable bonds is 7. The Hall–Kier alpha value is -3.60. The van der Waals surface area contributed by atoms with Crippen LogP contribution < -0.4 is 10.0 Å². The quantitative estimate of drug-likeness (QED) is 0.291. The van der Waals surface area contributed by atoms with E-state index in [0.717, 1.165) is 22.4 Å². The average molecular weight is 510 g/mol. The summed E-state index contributed by atoms with van der Waals surface area (Å²) in [7, 11) is -3.82. The average Bonchev–Trinajstić information content (AvgIpc) is 2.83. The SMILES string of the molecule is Cc1cc(C(=O)Cc2ccc(S(N)(=O)=O)c(C)c2)ccc1-c1ccc([N+](=O)[O-])cc1N1CCOCC1. The molecule has 1 saturated heterocycles. The highest BCUT2D eigenvalue weighted by atomic mass is 32.2. The summed E-state index contributed by atoms with van der Waals surface area (Å²) in [5.41, 5.74) is 5.10. The van der Waals surface area contributed by atoms with E-state index >= 15 is 0 Å². The van der Waals surface area contributed by atoms with Crippen molar-refractivity contribution in [3.8, 4) is 11.1 Å². The van der Waals surface area contributed by atoms with E-state index in [-0.39, 0.29) is 22.8 Å². The second-order valence-electron chi connectivity index (χ2n) is 8.83. The lowest BCUT2D eigenvalue weighted by molar-refractivity contribution is -0.384. The molecule has 188 valence electrons. The first-order valence-corrected chi connectivity index (χ1v) is 13.0. The largest absolute Gasteiger partial charge is 0.378 e. The summed E-state index contributed by atoms with van der Waals surface area (Å²) in [5.74, 6) is -0.107. The molecule has 0 bridgehead atoms. The summed E-state index contributed by atoms with van der Waals surface area (Å²) in [6, 6.07) is 14.9. The van der Waals surface area contributed by atoms with Crippen LogP contribution in [0.25, 0.3) is 11.1 Å². The molecule has 0 spiro atoms. The number of Topliss-reactive ketones (excluding diaryl/α,β-unsaturated/α-hetero) is 1. The van der Waals surface area contributed by atoms with Gasteiger partial charge in [-0.1, -0.05) is 24.3 Å². The molecule has 1 aliphatic heterocycles. The third-order valence-electron chi connectivity index (χ3n) is 6.29. The number of morpholine rings is 1. The third-order valence-corrected chi connectivity index (χ3v) is 7.36. The Balaban J connectivity index is 1.63. The molecule has 0 aliphatic carbocycles. The molecule has 1 heterocycles. The smallest absolute Gasteiger partial charge is 0.271 e. The summed E-state index contributed by atoms with van der Waals surface area (Å²) in [5, 5.41) is 16.6. The molecule has 0 saturated carbocycles. The first-order valence-electron chi connectivity index (χ1n) is 11.4. The van der Waals surface area contributed by atoms with Gasteiger partial charge in [0.2, 0.25) is 10.0 Å². The Labute approximate surface area is 209 Å².